The molecule has 1 N–H and O–H groups in total. The molecule has 27 heavy (non-hydrogen) atoms. The Bertz CT molecular complexity index is 970. The lowest BCUT2D eigenvalue weighted by Crippen LogP contribution is -2.10. The van der Waals surface area contributed by atoms with Crippen LogP contribution >= 0.6 is 0 Å². The highest BCUT2D eigenvalue weighted by atomic mass is 16.5. The standard InChI is InChI=1S/C21H21NO5/c1-25-19-9-8-15(20(26-2)21(19)27-3)18(24)11-17(23)14-10-13-6-4-5-7-16(13)22-12-14/h4-10,12,17,23H,11H2,1-3H3. The largest absolute Gasteiger partial charge is 0.493 e. The van der Waals surface area contributed by atoms with Gasteiger partial charge in [-0.15, -0.1) is 0 Å². The molecule has 0 aliphatic heterocycles. The molecule has 0 radical (unpaired) electrons. The van der Waals surface area contributed by atoms with Gasteiger partial charge in [-0.1, -0.05) is 18.2 Å². The van der Waals surface area contributed by atoms with E-state index < -0.39 is 6.10 Å². The second-order valence-corrected chi connectivity index (χ2v) is 5.99. The molecular weight excluding hydrogens is 346 g/mol. The molecule has 3 aromatic rings. The lowest BCUT2D eigenvalue weighted by atomic mass is 9.99. The fourth-order valence-electron chi connectivity index (χ4n) is 2.99. The summed E-state index contributed by atoms with van der Waals surface area (Å²) in [5.74, 6) is 0.817. The lowest BCUT2D eigenvalue weighted by Gasteiger charge is -2.16. The second kappa shape index (κ2) is 8.05. The maximum Gasteiger partial charge on any atom is 0.204 e. The number of ether oxygens (including phenoxy) is 3. The minimum absolute atomic E-state index is 0.105. The summed E-state index contributed by atoms with van der Waals surface area (Å²) in [6.07, 6.45) is 0.505. The predicted octanol–water partition coefficient (Wildman–Crippen LogP) is 3.57. The number of nitrogens with zero attached hydrogens (tertiary/aromatic N) is 1. The molecule has 0 fully saturated rings. The Hall–Kier alpha value is -3.12. The SMILES string of the molecule is COc1ccc(C(=O)CC(O)c2cnc3ccccc3c2)c(OC)c1OC. The number of fused-ring (bicyclic) bond motifs is 1. The first kappa shape index (κ1) is 18.7. The molecule has 0 saturated carbocycles. The van der Waals surface area contributed by atoms with Gasteiger partial charge in [0.1, 0.15) is 0 Å². The number of benzene rings is 2. The third-order valence-corrected chi connectivity index (χ3v) is 4.38. The number of rotatable bonds is 7. The zero-order chi connectivity index (χ0) is 19.4. The Kier molecular flexibility index (Phi) is 5.57. The zero-order valence-electron chi connectivity index (χ0n) is 15.4. The van der Waals surface area contributed by atoms with Gasteiger partial charge in [0.25, 0.3) is 0 Å². The molecule has 0 bridgehead atoms. The van der Waals surface area contributed by atoms with Gasteiger partial charge in [0.2, 0.25) is 5.75 Å². The van der Waals surface area contributed by atoms with Crippen molar-refractivity contribution in [3.8, 4) is 17.2 Å². The van der Waals surface area contributed by atoms with Crippen LogP contribution in [0.4, 0.5) is 0 Å². The normalized spacial score (nSPS) is 11.9. The van der Waals surface area contributed by atoms with Gasteiger partial charge in [0, 0.05) is 18.0 Å². The minimum Gasteiger partial charge on any atom is -0.493 e. The van der Waals surface area contributed by atoms with E-state index in [9.17, 15) is 9.90 Å². The number of aliphatic hydroxyl groups is 1. The fraction of sp³-hybridized carbons (Fsp3) is 0.238. The summed E-state index contributed by atoms with van der Waals surface area (Å²) >= 11 is 0. The minimum atomic E-state index is -0.979. The zero-order valence-corrected chi connectivity index (χ0v) is 15.4. The van der Waals surface area contributed by atoms with Gasteiger partial charge in [0.15, 0.2) is 17.3 Å². The number of carbonyl (C=O) groups is 1. The first-order chi connectivity index (χ1) is 13.1. The first-order valence-corrected chi connectivity index (χ1v) is 8.44. The van der Waals surface area contributed by atoms with Crippen LogP contribution in [0.15, 0.2) is 48.7 Å². The van der Waals surface area contributed by atoms with Crippen molar-refractivity contribution in [3.05, 3.63) is 59.8 Å². The highest BCUT2D eigenvalue weighted by Crippen LogP contribution is 2.40. The molecule has 140 valence electrons. The maximum atomic E-state index is 12.8. The summed E-state index contributed by atoms with van der Waals surface area (Å²) in [6.45, 7) is 0. The van der Waals surface area contributed by atoms with Crippen LogP contribution in [0.1, 0.15) is 28.4 Å². The highest BCUT2D eigenvalue weighted by molar-refractivity contribution is 6.00. The molecule has 3 rings (SSSR count). The fourth-order valence-corrected chi connectivity index (χ4v) is 2.99. The van der Waals surface area contributed by atoms with Crippen molar-refractivity contribution in [1.29, 1.82) is 0 Å². The van der Waals surface area contributed by atoms with E-state index in [0.29, 0.717) is 22.6 Å². The van der Waals surface area contributed by atoms with Gasteiger partial charge in [-0.2, -0.15) is 0 Å². The van der Waals surface area contributed by atoms with Crippen molar-refractivity contribution in [2.45, 2.75) is 12.5 Å². The molecule has 1 heterocycles. The number of aromatic nitrogens is 1. The van der Waals surface area contributed by atoms with Gasteiger partial charge >= 0.3 is 0 Å². The summed E-state index contributed by atoms with van der Waals surface area (Å²) in [4.78, 5) is 17.1. The third kappa shape index (κ3) is 3.71. The van der Waals surface area contributed by atoms with Crippen molar-refractivity contribution < 1.29 is 24.1 Å². The van der Waals surface area contributed by atoms with Gasteiger partial charge < -0.3 is 19.3 Å². The topological polar surface area (TPSA) is 77.9 Å². The van der Waals surface area contributed by atoms with Crippen LogP contribution in [0.3, 0.4) is 0 Å². The first-order valence-electron chi connectivity index (χ1n) is 8.44. The van der Waals surface area contributed by atoms with E-state index in [4.69, 9.17) is 14.2 Å². The Labute approximate surface area is 157 Å². The van der Waals surface area contributed by atoms with E-state index in [1.165, 1.54) is 21.3 Å². The molecule has 6 nitrogen and oxygen atoms in total. The molecule has 1 atom stereocenters. The monoisotopic (exact) mass is 367 g/mol. The van der Waals surface area contributed by atoms with Crippen molar-refractivity contribution >= 4 is 16.7 Å². The summed E-state index contributed by atoms with van der Waals surface area (Å²) in [6, 6.07) is 12.7. The van der Waals surface area contributed by atoms with Crippen molar-refractivity contribution in [2.75, 3.05) is 21.3 Å². The molecule has 0 spiro atoms. The van der Waals surface area contributed by atoms with E-state index >= 15 is 0 Å². The maximum absolute atomic E-state index is 12.8. The van der Waals surface area contributed by atoms with E-state index in [-0.39, 0.29) is 18.0 Å². The van der Waals surface area contributed by atoms with Gasteiger partial charge in [-0.25, -0.2) is 0 Å². The Morgan fingerprint density at radius 1 is 1.04 bits per heavy atom. The van der Waals surface area contributed by atoms with Crippen molar-refractivity contribution in [2.24, 2.45) is 0 Å². The van der Waals surface area contributed by atoms with E-state index in [0.717, 1.165) is 10.9 Å². The number of ketones is 1. The number of para-hydroxylation sites is 1. The number of hydrogen-bond acceptors (Lipinski definition) is 6. The number of carbonyl (C=O) groups excluding carboxylic acids is 1. The Morgan fingerprint density at radius 2 is 1.78 bits per heavy atom. The molecule has 0 aliphatic rings. The molecular formula is C21H21NO5. The van der Waals surface area contributed by atoms with Crippen molar-refractivity contribution in [3.63, 3.8) is 0 Å². The lowest BCUT2D eigenvalue weighted by molar-refractivity contribution is 0.0876. The van der Waals surface area contributed by atoms with E-state index in [1.54, 1.807) is 18.3 Å². The molecule has 1 aromatic heterocycles. The van der Waals surface area contributed by atoms with Crippen LogP contribution in [0.5, 0.6) is 17.2 Å². The van der Waals surface area contributed by atoms with Crippen LogP contribution in [0.25, 0.3) is 10.9 Å². The van der Waals surface area contributed by atoms with Gasteiger partial charge in [0.05, 0.1) is 38.5 Å². The number of Topliss-reactive ketones (excluding diaryl/α,β-unsaturated/α-hetero) is 1. The van der Waals surface area contributed by atoms with Gasteiger partial charge in [-0.3, -0.25) is 9.78 Å². The van der Waals surface area contributed by atoms with E-state index in [2.05, 4.69) is 4.98 Å². The predicted molar refractivity (Wildman–Crippen MR) is 102 cm³/mol. The summed E-state index contributed by atoms with van der Waals surface area (Å²) < 4.78 is 15.9. The smallest absolute Gasteiger partial charge is 0.204 e. The average molecular weight is 367 g/mol. The number of methoxy groups -OCH3 is 3. The van der Waals surface area contributed by atoms with Crippen LogP contribution in [0.2, 0.25) is 0 Å². The molecule has 0 saturated heterocycles. The van der Waals surface area contributed by atoms with E-state index in [1.807, 2.05) is 30.3 Å². The Balaban J connectivity index is 1.87. The van der Waals surface area contributed by atoms with Crippen LogP contribution in [-0.2, 0) is 0 Å². The molecule has 1 unspecified atom stereocenters. The molecule has 6 heteroatoms. The molecule has 2 aromatic carbocycles. The third-order valence-electron chi connectivity index (χ3n) is 4.38. The summed E-state index contributed by atoms with van der Waals surface area (Å²) in [5.41, 5.74) is 1.74. The summed E-state index contributed by atoms with van der Waals surface area (Å²) in [5, 5.41) is 11.5. The van der Waals surface area contributed by atoms with Crippen molar-refractivity contribution in [1.82, 2.24) is 4.98 Å². The Morgan fingerprint density at radius 3 is 2.48 bits per heavy atom. The number of aliphatic hydroxyl groups excluding tert-OH is 1. The highest BCUT2D eigenvalue weighted by Gasteiger charge is 2.23. The number of pyridine rings is 1. The average Bonchev–Trinajstić information content (AvgIpc) is 2.71. The van der Waals surface area contributed by atoms with Crippen LogP contribution < -0.4 is 14.2 Å². The number of hydrogen-bond donors (Lipinski definition) is 1. The second-order valence-electron chi connectivity index (χ2n) is 5.99. The van der Waals surface area contributed by atoms with Crippen LogP contribution in [-0.4, -0.2) is 37.2 Å². The quantitative estimate of drug-likeness (QED) is 0.643. The van der Waals surface area contributed by atoms with Gasteiger partial charge in [-0.05, 0) is 29.8 Å². The molecule has 0 aliphatic carbocycles. The summed E-state index contributed by atoms with van der Waals surface area (Å²) in [7, 11) is 4.44. The molecule has 0 amide bonds. The van der Waals surface area contributed by atoms with Crippen LogP contribution in [0, 0.1) is 0 Å².